The molecule has 0 saturated carbocycles. The second-order valence-corrected chi connectivity index (χ2v) is 6.73. The van der Waals surface area contributed by atoms with E-state index in [-0.39, 0.29) is 12.1 Å². The van der Waals surface area contributed by atoms with E-state index in [1.54, 1.807) is 20.8 Å². The molecule has 10 heteroatoms. The molecule has 27 heavy (non-hydrogen) atoms. The lowest BCUT2D eigenvalue weighted by Crippen LogP contribution is -2.53. The van der Waals surface area contributed by atoms with Crippen LogP contribution in [0.4, 0.5) is 4.79 Å². The molecule has 0 aliphatic carbocycles. The molecular weight excluding hydrogens is 362 g/mol. The van der Waals surface area contributed by atoms with Crippen LogP contribution in [-0.4, -0.2) is 61.6 Å². The lowest BCUT2D eigenvalue weighted by Gasteiger charge is -2.35. The van der Waals surface area contributed by atoms with E-state index >= 15 is 0 Å². The second-order valence-electron chi connectivity index (χ2n) is 6.73. The third-order valence-electron chi connectivity index (χ3n) is 3.20. The van der Waals surface area contributed by atoms with E-state index in [0.29, 0.717) is 0 Å². The van der Waals surface area contributed by atoms with Gasteiger partial charge in [-0.15, -0.1) is 0 Å². The smallest absolute Gasteiger partial charge is 0.407 e. The molecule has 0 saturated heterocycles. The second kappa shape index (κ2) is 9.24. The van der Waals surface area contributed by atoms with Crippen molar-refractivity contribution in [2.75, 3.05) is 13.7 Å². The number of amides is 1. The zero-order valence-corrected chi connectivity index (χ0v) is 16.2. The van der Waals surface area contributed by atoms with Gasteiger partial charge in [0.25, 0.3) is 0 Å². The quantitative estimate of drug-likeness (QED) is 0.539. The highest BCUT2D eigenvalue weighted by molar-refractivity contribution is 5.90. The van der Waals surface area contributed by atoms with Crippen molar-refractivity contribution in [3.63, 3.8) is 0 Å². The number of carbonyl (C=O) groups excluding carboxylic acids is 4. The predicted octanol–water partition coefficient (Wildman–Crippen LogP) is 0.830. The SMILES string of the molecule is COC(=O)C1=COC(CNC(=O)OC(C)(C)C)[C@H](OC(C)=O)[C@@H]1OC(C)=O. The van der Waals surface area contributed by atoms with Crippen LogP contribution in [0.15, 0.2) is 11.8 Å². The summed E-state index contributed by atoms with van der Waals surface area (Å²) in [6.07, 6.45) is -3.02. The minimum absolute atomic E-state index is 0.129. The highest BCUT2D eigenvalue weighted by Crippen LogP contribution is 2.26. The van der Waals surface area contributed by atoms with E-state index in [4.69, 9.17) is 18.9 Å². The van der Waals surface area contributed by atoms with Gasteiger partial charge in [0.1, 0.15) is 11.2 Å². The fraction of sp³-hybridized carbons (Fsp3) is 0.647. The fourth-order valence-electron chi connectivity index (χ4n) is 2.26. The van der Waals surface area contributed by atoms with E-state index in [1.165, 1.54) is 0 Å². The van der Waals surface area contributed by atoms with Gasteiger partial charge in [-0.2, -0.15) is 0 Å². The van der Waals surface area contributed by atoms with E-state index in [0.717, 1.165) is 27.2 Å². The summed E-state index contributed by atoms with van der Waals surface area (Å²) < 4.78 is 25.5. The number of rotatable bonds is 5. The zero-order valence-electron chi connectivity index (χ0n) is 16.2. The fourth-order valence-corrected chi connectivity index (χ4v) is 2.26. The Morgan fingerprint density at radius 2 is 1.70 bits per heavy atom. The van der Waals surface area contributed by atoms with Crippen LogP contribution < -0.4 is 5.32 Å². The number of methoxy groups -OCH3 is 1. The highest BCUT2D eigenvalue weighted by Gasteiger charge is 2.44. The van der Waals surface area contributed by atoms with E-state index < -0.39 is 47.9 Å². The van der Waals surface area contributed by atoms with E-state index in [1.807, 2.05) is 0 Å². The molecule has 1 amide bonds. The summed E-state index contributed by atoms with van der Waals surface area (Å²) in [6.45, 7) is 7.27. The topological polar surface area (TPSA) is 126 Å². The predicted molar refractivity (Wildman–Crippen MR) is 90.3 cm³/mol. The summed E-state index contributed by atoms with van der Waals surface area (Å²) in [5.74, 6) is -2.20. The maximum absolute atomic E-state index is 11.9. The van der Waals surface area contributed by atoms with Crippen molar-refractivity contribution in [3.8, 4) is 0 Å². The van der Waals surface area contributed by atoms with Gasteiger partial charge in [0.2, 0.25) is 0 Å². The van der Waals surface area contributed by atoms with Crippen LogP contribution in [0.5, 0.6) is 0 Å². The standard InChI is InChI=1S/C17H25NO9/c1-9(19)25-13-11(15(21)23-6)8-24-12(14(13)26-10(2)20)7-18-16(22)27-17(3,4)5/h8,12-14H,7H2,1-6H3,(H,18,22)/t12?,13-,14+/m1/s1. The summed E-state index contributed by atoms with van der Waals surface area (Å²) in [4.78, 5) is 46.7. The van der Waals surface area contributed by atoms with Gasteiger partial charge in [0.05, 0.1) is 19.9 Å². The largest absolute Gasteiger partial charge is 0.491 e. The molecule has 0 aromatic carbocycles. The van der Waals surface area contributed by atoms with E-state index in [9.17, 15) is 19.2 Å². The van der Waals surface area contributed by atoms with Crippen molar-refractivity contribution >= 4 is 24.0 Å². The summed E-state index contributed by atoms with van der Waals surface area (Å²) in [7, 11) is 1.14. The van der Waals surface area contributed by atoms with Crippen LogP contribution >= 0.6 is 0 Å². The first-order valence-electron chi connectivity index (χ1n) is 8.19. The van der Waals surface area contributed by atoms with Gasteiger partial charge < -0.3 is 29.0 Å². The first-order chi connectivity index (χ1) is 12.4. The molecule has 1 rings (SSSR count). The summed E-state index contributed by atoms with van der Waals surface area (Å²) in [5.41, 5.74) is -0.835. The average molecular weight is 387 g/mol. The molecule has 1 heterocycles. The van der Waals surface area contributed by atoms with Gasteiger partial charge in [-0.3, -0.25) is 9.59 Å². The summed E-state index contributed by atoms with van der Waals surface area (Å²) in [6, 6.07) is 0. The van der Waals surface area contributed by atoms with Gasteiger partial charge in [-0.1, -0.05) is 0 Å². The number of ether oxygens (including phenoxy) is 5. The van der Waals surface area contributed by atoms with Crippen molar-refractivity contribution in [3.05, 3.63) is 11.8 Å². The maximum atomic E-state index is 11.9. The van der Waals surface area contributed by atoms with Crippen molar-refractivity contribution in [1.29, 1.82) is 0 Å². The number of alkyl carbamates (subject to hydrolysis) is 1. The van der Waals surface area contributed by atoms with Gasteiger partial charge >= 0.3 is 24.0 Å². The Kier molecular flexibility index (Phi) is 7.62. The molecule has 1 aliphatic heterocycles. The first kappa shape index (κ1) is 22.3. The Bertz CT molecular complexity index is 620. The number of nitrogens with one attached hydrogen (secondary N) is 1. The zero-order chi connectivity index (χ0) is 20.8. The van der Waals surface area contributed by atoms with Gasteiger partial charge in [-0.25, -0.2) is 9.59 Å². The number of esters is 3. The van der Waals surface area contributed by atoms with Gasteiger partial charge in [-0.05, 0) is 20.8 Å². The van der Waals surface area contributed by atoms with Crippen molar-refractivity contribution in [2.24, 2.45) is 0 Å². The van der Waals surface area contributed by atoms with Crippen molar-refractivity contribution < 1.29 is 42.9 Å². The van der Waals surface area contributed by atoms with Crippen LogP contribution in [0.25, 0.3) is 0 Å². The lowest BCUT2D eigenvalue weighted by atomic mass is 9.98. The maximum Gasteiger partial charge on any atom is 0.407 e. The highest BCUT2D eigenvalue weighted by atomic mass is 16.6. The Hall–Kier alpha value is -2.78. The first-order valence-corrected chi connectivity index (χ1v) is 8.19. The minimum Gasteiger partial charge on any atom is -0.491 e. The molecule has 3 atom stereocenters. The minimum atomic E-state index is -1.25. The van der Waals surface area contributed by atoms with Crippen LogP contribution in [0, 0.1) is 0 Å². The lowest BCUT2D eigenvalue weighted by molar-refractivity contribution is -0.176. The molecular formula is C17H25NO9. The van der Waals surface area contributed by atoms with Crippen molar-refractivity contribution in [1.82, 2.24) is 5.32 Å². The Balaban J connectivity index is 3.02. The third kappa shape index (κ3) is 7.16. The van der Waals surface area contributed by atoms with Crippen LogP contribution in [0.3, 0.4) is 0 Å². The summed E-state index contributed by atoms with van der Waals surface area (Å²) in [5, 5.41) is 2.48. The Morgan fingerprint density at radius 3 is 2.19 bits per heavy atom. The molecule has 0 aromatic heterocycles. The van der Waals surface area contributed by atoms with Gasteiger partial charge in [0, 0.05) is 13.8 Å². The number of hydrogen-bond acceptors (Lipinski definition) is 9. The van der Waals surface area contributed by atoms with Crippen LogP contribution in [-0.2, 0) is 38.1 Å². The van der Waals surface area contributed by atoms with Crippen LogP contribution in [0.2, 0.25) is 0 Å². The molecule has 10 nitrogen and oxygen atoms in total. The third-order valence-corrected chi connectivity index (χ3v) is 3.20. The molecule has 1 aliphatic rings. The number of carbonyl (C=O) groups is 4. The molecule has 0 spiro atoms. The van der Waals surface area contributed by atoms with E-state index in [2.05, 4.69) is 10.1 Å². The Labute approximate surface area is 157 Å². The van der Waals surface area contributed by atoms with Crippen LogP contribution in [0.1, 0.15) is 34.6 Å². The molecule has 0 bridgehead atoms. The average Bonchev–Trinajstić information content (AvgIpc) is 2.51. The molecule has 0 fully saturated rings. The number of hydrogen-bond donors (Lipinski definition) is 1. The summed E-state index contributed by atoms with van der Waals surface area (Å²) >= 11 is 0. The normalized spacial score (nSPS) is 21.9. The molecule has 1 unspecified atom stereocenters. The molecule has 152 valence electrons. The van der Waals surface area contributed by atoms with Gasteiger partial charge in [0.15, 0.2) is 18.3 Å². The monoisotopic (exact) mass is 387 g/mol. The molecule has 0 radical (unpaired) electrons. The molecule has 0 aromatic rings. The van der Waals surface area contributed by atoms with Crippen molar-refractivity contribution in [2.45, 2.75) is 58.5 Å². The molecule has 1 N–H and O–H groups in total. The Morgan fingerprint density at radius 1 is 1.11 bits per heavy atom.